The topological polar surface area (TPSA) is 30.5 Å². The smallest absolute Gasteiger partial charge is 0.119 e. The number of hydrogen-bond donors (Lipinski definition) is 1. The van der Waals surface area contributed by atoms with Crippen molar-refractivity contribution in [2.24, 2.45) is 0 Å². The highest BCUT2D eigenvalue weighted by atomic mass is 16.5. The van der Waals surface area contributed by atoms with Gasteiger partial charge in [-0.1, -0.05) is 0 Å². The lowest BCUT2D eigenvalue weighted by Gasteiger charge is -2.29. The molecule has 1 saturated heterocycles. The Bertz CT molecular complexity index is 466. The standard InChI is InChI=1S/C16H25NO2/c1-11-9-12(18-6)7-8-13(11)17-14-10-15(2,3)19-16(14,4)5/h7-9,14,17H,10H2,1-6H3. The molecule has 3 heteroatoms. The minimum atomic E-state index is -0.157. The van der Waals surface area contributed by atoms with E-state index in [0.29, 0.717) is 6.04 Å². The third-order valence-electron chi connectivity index (χ3n) is 3.84. The van der Waals surface area contributed by atoms with Crippen LogP contribution in [-0.4, -0.2) is 24.4 Å². The van der Waals surface area contributed by atoms with Crippen LogP contribution in [-0.2, 0) is 4.74 Å². The van der Waals surface area contributed by atoms with Gasteiger partial charge in [0.15, 0.2) is 0 Å². The average molecular weight is 263 g/mol. The summed E-state index contributed by atoms with van der Waals surface area (Å²) in [5.74, 6) is 0.894. The number of anilines is 1. The molecule has 0 radical (unpaired) electrons. The maximum Gasteiger partial charge on any atom is 0.119 e. The molecule has 1 fully saturated rings. The highest BCUT2D eigenvalue weighted by Crippen LogP contribution is 2.39. The molecule has 1 aromatic carbocycles. The van der Waals surface area contributed by atoms with Crippen LogP contribution in [0.1, 0.15) is 39.7 Å². The highest BCUT2D eigenvalue weighted by Gasteiger charge is 2.45. The van der Waals surface area contributed by atoms with Crippen molar-refractivity contribution in [1.29, 1.82) is 0 Å². The van der Waals surface area contributed by atoms with Gasteiger partial charge in [0.1, 0.15) is 5.75 Å². The zero-order valence-electron chi connectivity index (χ0n) is 12.8. The summed E-state index contributed by atoms with van der Waals surface area (Å²) < 4.78 is 11.4. The average Bonchev–Trinajstić information content (AvgIpc) is 2.49. The summed E-state index contributed by atoms with van der Waals surface area (Å²) in [6.45, 7) is 10.7. The van der Waals surface area contributed by atoms with Gasteiger partial charge in [0, 0.05) is 5.69 Å². The van der Waals surface area contributed by atoms with Crippen LogP contribution in [0.15, 0.2) is 18.2 Å². The summed E-state index contributed by atoms with van der Waals surface area (Å²) in [5.41, 5.74) is 2.12. The number of nitrogens with one attached hydrogen (secondary N) is 1. The molecule has 0 saturated carbocycles. The van der Waals surface area contributed by atoms with Crippen molar-refractivity contribution in [3.8, 4) is 5.75 Å². The van der Waals surface area contributed by atoms with E-state index in [4.69, 9.17) is 9.47 Å². The molecule has 1 atom stereocenters. The van der Waals surface area contributed by atoms with Crippen molar-refractivity contribution in [3.63, 3.8) is 0 Å². The van der Waals surface area contributed by atoms with Crippen LogP contribution in [0.3, 0.4) is 0 Å². The van der Waals surface area contributed by atoms with E-state index in [2.05, 4.69) is 52.1 Å². The molecule has 1 heterocycles. The van der Waals surface area contributed by atoms with Gasteiger partial charge in [-0.25, -0.2) is 0 Å². The normalized spacial score (nSPS) is 24.2. The Morgan fingerprint density at radius 3 is 2.42 bits per heavy atom. The summed E-state index contributed by atoms with van der Waals surface area (Å²) in [5, 5.41) is 3.63. The molecule has 0 spiro atoms. The van der Waals surface area contributed by atoms with E-state index in [-0.39, 0.29) is 11.2 Å². The van der Waals surface area contributed by atoms with Crippen molar-refractivity contribution < 1.29 is 9.47 Å². The predicted octanol–water partition coefficient (Wildman–Crippen LogP) is 3.76. The summed E-state index contributed by atoms with van der Waals surface area (Å²) in [6.07, 6.45) is 1.01. The Hall–Kier alpha value is -1.22. The summed E-state index contributed by atoms with van der Waals surface area (Å²) in [7, 11) is 1.69. The predicted molar refractivity (Wildman–Crippen MR) is 79.0 cm³/mol. The van der Waals surface area contributed by atoms with Crippen LogP contribution in [0, 0.1) is 6.92 Å². The van der Waals surface area contributed by atoms with Gasteiger partial charge in [-0.05, 0) is 64.8 Å². The molecule has 1 aliphatic rings. The molecule has 2 rings (SSSR count). The van der Waals surface area contributed by atoms with E-state index in [9.17, 15) is 0 Å². The number of hydrogen-bond acceptors (Lipinski definition) is 3. The molecule has 1 unspecified atom stereocenters. The van der Waals surface area contributed by atoms with Crippen LogP contribution in [0.25, 0.3) is 0 Å². The summed E-state index contributed by atoms with van der Waals surface area (Å²) in [6, 6.07) is 6.43. The lowest BCUT2D eigenvalue weighted by atomic mass is 9.94. The number of benzene rings is 1. The van der Waals surface area contributed by atoms with Crippen molar-refractivity contribution in [2.45, 2.75) is 58.3 Å². The lowest BCUT2D eigenvalue weighted by molar-refractivity contribution is -0.0662. The first-order valence-electron chi connectivity index (χ1n) is 6.85. The third-order valence-corrected chi connectivity index (χ3v) is 3.84. The number of rotatable bonds is 3. The van der Waals surface area contributed by atoms with E-state index in [1.165, 1.54) is 5.56 Å². The van der Waals surface area contributed by atoms with Crippen molar-refractivity contribution in [1.82, 2.24) is 0 Å². The minimum absolute atomic E-state index is 0.0679. The van der Waals surface area contributed by atoms with E-state index in [0.717, 1.165) is 17.9 Å². The molecule has 0 amide bonds. The second-order valence-electron chi connectivity index (χ2n) is 6.55. The fraction of sp³-hybridized carbons (Fsp3) is 0.625. The second-order valence-corrected chi connectivity index (χ2v) is 6.55. The van der Waals surface area contributed by atoms with E-state index >= 15 is 0 Å². The molecule has 0 bridgehead atoms. The molecule has 1 aromatic rings. The Kier molecular flexibility index (Phi) is 3.52. The second kappa shape index (κ2) is 4.71. The van der Waals surface area contributed by atoms with Gasteiger partial charge < -0.3 is 14.8 Å². The Morgan fingerprint density at radius 2 is 1.95 bits per heavy atom. The zero-order valence-corrected chi connectivity index (χ0v) is 12.8. The number of aryl methyl sites for hydroxylation is 1. The maximum atomic E-state index is 6.12. The first kappa shape index (κ1) is 14.2. The molecule has 19 heavy (non-hydrogen) atoms. The van der Waals surface area contributed by atoms with Gasteiger partial charge in [-0.15, -0.1) is 0 Å². The molecule has 1 N–H and O–H groups in total. The quantitative estimate of drug-likeness (QED) is 0.900. The van der Waals surface area contributed by atoms with Crippen molar-refractivity contribution in [2.75, 3.05) is 12.4 Å². The van der Waals surface area contributed by atoms with Crippen molar-refractivity contribution in [3.05, 3.63) is 23.8 Å². The van der Waals surface area contributed by atoms with Crippen LogP contribution in [0.4, 0.5) is 5.69 Å². The van der Waals surface area contributed by atoms with Gasteiger partial charge in [-0.3, -0.25) is 0 Å². The van der Waals surface area contributed by atoms with Gasteiger partial charge in [-0.2, -0.15) is 0 Å². The fourth-order valence-electron chi connectivity index (χ4n) is 2.90. The molecule has 1 aliphatic heterocycles. The van der Waals surface area contributed by atoms with Crippen LogP contribution < -0.4 is 10.1 Å². The minimum Gasteiger partial charge on any atom is -0.497 e. The lowest BCUT2D eigenvalue weighted by Crippen LogP contribution is -2.38. The number of methoxy groups -OCH3 is 1. The molecule has 0 aromatic heterocycles. The third kappa shape index (κ3) is 3.03. The molecular formula is C16H25NO2. The number of ether oxygens (including phenoxy) is 2. The molecule has 106 valence electrons. The molecule has 0 aliphatic carbocycles. The van der Waals surface area contributed by atoms with E-state index in [1.807, 2.05) is 6.07 Å². The van der Waals surface area contributed by atoms with Gasteiger partial charge in [0.25, 0.3) is 0 Å². The summed E-state index contributed by atoms with van der Waals surface area (Å²) >= 11 is 0. The monoisotopic (exact) mass is 263 g/mol. The van der Waals surface area contributed by atoms with Crippen LogP contribution in [0.2, 0.25) is 0 Å². The van der Waals surface area contributed by atoms with Crippen molar-refractivity contribution >= 4 is 5.69 Å². The Morgan fingerprint density at radius 1 is 1.26 bits per heavy atom. The summed E-state index contributed by atoms with van der Waals surface area (Å²) in [4.78, 5) is 0. The Labute approximate surface area is 116 Å². The van der Waals surface area contributed by atoms with Gasteiger partial charge >= 0.3 is 0 Å². The Balaban J connectivity index is 2.18. The zero-order chi connectivity index (χ0) is 14.3. The first-order valence-corrected chi connectivity index (χ1v) is 6.85. The molecular weight excluding hydrogens is 238 g/mol. The van der Waals surface area contributed by atoms with E-state index < -0.39 is 0 Å². The fourth-order valence-corrected chi connectivity index (χ4v) is 2.90. The van der Waals surface area contributed by atoms with E-state index in [1.54, 1.807) is 7.11 Å². The maximum absolute atomic E-state index is 6.12. The SMILES string of the molecule is COc1ccc(NC2CC(C)(C)OC2(C)C)c(C)c1. The first-order chi connectivity index (χ1) is 8.73. The van der Waals surface area contributed by atoms with Crippen LogP contribution in [0.5, 0.6) is 5.75 Å². The largest absolute Gasteiger partial charge is 0.497 e. The molecule has 3 nitrogen and oxygen atoms in total. The van der Waals surface area contributed by atoms with Gasteiger partial charge in [0.05, 0.1) is 24.4 Å². The highest BCUT2D eigenvalue weighted by molar-refractivity contribution is 5.54. The van der Waals surface area contributed by atoms with Crippen LogP contribution >= 0.6 is 0 Å². The van der Waals surface area contributed by atoms with Gasteiger partial charge in [0.2, 0.25) is 0 Å².